The van der Waals surface area contributed by atoms with E-state index in [-0.39, 0.29) is 23.4 Å². The van der Waals surface area contributed by atoms with Gasteiger partial charge < -0.3 is 9.32 Å². The molecule has 26 heavy (non-hydrogen) atoms. The Morgan fingerprint density at radius 3 is 2.77 bits per heavy atom. The summed E-state index contributed by atoms with van der Waals surface area (Å²) in [5, 5.41) is 12.4. The molecule has 0 atom stereocenters. The molecule has 1 N–H and O–H groups in total. The van der Waals surface area contributed by atoms with E-state index >= 15 is 0 Å². The summed E-state index contributed by atoms with van der Waals surface area (Å²) in [5.41, 5.74) is 0.623. The number of unbranched alkanes of at least 4 members (excludes halogenated alkanes) is 1. The van der Waals surface area contributed by atoms with Crippen LogP contribution in [0, 0.1) is 18.5 Å². The van der Waals surface area contributed by atoms with Crippen molar-refractivity contribution < 1.29 is 9.21 Å². The van der Waals surface area contributed by atoms with Crippen molar-refractivity contribution in [1.82, 2.24) is 9.88 Å². The zero-order chi connectivity index (χ0) is 19.3. The molecule has 0 aliphatic heterocycles. The second kappa shape index (κ2) is 9.87. The molecule has 2 aromatic rings. The maximum atomic E-state index is 12.1. The minimum absolute atomic E-state index is 0.0339. The zero-order valence-electron chi connectivity index (χ0n) is 14.3. The Hall–Kier alpha value is -0.900. The minimum Gasteiger partial charge on any atom is -0.419 e. The number of hydrogen-bond donors (Lipinski definition) is 1. The van der Waals surface area contributed by atoms with Crippen molar-refractivity contribution in [2.24, 2.45) is 0 Å². The smallest absolute Gasteiger partial charge is 0.239 e. The maximum Gasteiger partial charge on any atom is 0.239 e. The van der Waals surface area contributed by atoms with E-state index in [4.69, 9.17) is 16.0 Å². The van der Waals surface area contributed by atoms with Crippen LogP contribution in [0.4, 0.5) is 5.88 Å². The highest BCUT2D eigenvalue weighted by Crippen LogP contribution is 2.35. The summed E-state index contributed by atoms with van der Waals surface area (Å²) in [5.74, 6) is 0.0715. The Morgan fingerprint density at radius 1 is 1.38 bits per heavy atom. The molecule has 0 radical (unpaired) electrons. The first-order valence-electron chi connectivity index (χ1n) is 7.82. The summed E-state index contributed by atoms with van der Waals surface area (Å²) < 4.78 is 7.46. The van der Waals surface area contributed by atoms with E-state index < -0.39 is 0 Å². The number of carbonyl (C=O) groups excluding carboxylic acids is 1. The molecule has 0 aliphatic rings. The van der Waals surface area contributed by atoms with Crippen LogP contribution >= 0.6 is 56.8 Å². The Balaban J connectivity index is 2.14. The third-order valence-electron chi connectivity index (χ3n) is 3.47. The summed E-state index contributed by atoms with van der Waals surface area (Å²) in [7, 11) is 3.98. The lowest BCUT2D eigenvalue weighted by Gasteiger charge is -2.08. The molecule has 1 aromatic heterocycles. The molecule has 1 amide bonds. The van der Waals surface area contributed by atoms with Gasteiger partial charge in [-0.25, -0.2) is 0 Å². The molecule has 1 aromatic carbocycles. The van der Waals surface area contributed by atoms with Crippen LogP contribution in [0.15, 0.2) is 16.5 Å². The van der Waals surface area contributed by atoms with Crippen molar-refractivity contribution >= 4 is 68.6 Å². The summed E-state index contributed by atoms with van der Waals surface area (Å²) in [6.07, 6.45) is 2.04. The Kier molecular flexibility index (Phi) is 8.12. The van der Waals surface area contributed by atoms with E-state index in [1.807, 2.05) is 32.3 Å². The molecule has 138 valence electrons. The molecular weight excluding hydrogens is 581 g/mol. The number of amides is 1. The van der Waals surface area contributed by atoms with Crippen LogP contribution < -0.4 is 5.32 Å². The lowest BCUT2D eigenvalue weighted by Crippen LogP contribution is -2.15. The average Bonchev–Trinajstić information content (AvgIpc) is 2.97. The van der Waals surface area contributed by atoms with Crippen LogP contribution in [0.2, 0.25) is 5.02 Å². The van der Waals surface area contributed by atoms with Crippen LogP contribution in [0.1, 0.15) is 25.0 Å². The van der Waals surface area contributed by atoms with Gasteiger partial charge in [-0.2, -0.15) is 10.2 Å². The zero-order valence-corrected chi connectivity index (χ0v) is 19.3. The third kappa shape index (κ3) is 5.80. The highest BCUT2D eigenvalue weighted by atomic mass is 127. The summed E-state index contributed by atoms with van der Waals surface area (Å²) in [4.78, 5) is 18.3. The number of nitrogens with zero attached hydrogens (tertiary/aromatic N) is 3. The average molecular weight is 599 g/mol. The Morgan fingerprint density at radius 2 is 2.12 bits per heavy atom. The molecule has 0 bridgehead atoms. The number of hydrogen-bond acceptors (Lipinski definition) is 5. The summed E-state index contributed by atoms with van der Waals surface area (Å²) in [6.45, 7) is 0.924. The number of oxazole rings is 1. The van der Waals surface area contributed by atoms with Gasteiger partial charge >= 0.3 is 0 Å². The van der Waals surface area contributed by atoms with Crippen LogP contribution in [-0.2, 0) is 4.79 Å². The molecule has 1 heterocycles. The van der Waals surface area contributed by atoms with Gasteiger partial charge in [-0.05, 0) is 90.8 Å². The quantitative estimate of drug-likeness (QED) is 0.283. The molecule has 0 saturated carbocycles. The van der Waals surface area contributed by atoms with Crippen LogP contribution in [0.3, 0.4) is 0 Å². The van der Waals surface area contributed by atoms with Gasteiger partial charge in [-0.3, -0.25) is 10.1 Å². The van der Waals surface area contributed by atoms with Crippen molar-refractivity contribution in [3.8, 4) is 17.5 Å². The lowest BCUT2D eigenvalue weighted by molar-refractivity contribution is -0.116. The summed E-state index contributed by atoms with van der Waals surface area (Å²) >= 11 is 10.6. The molecule has 0 spiro atoms. The fraction of sp³-hybridized carbons (Fsp3) is 0.353. The normalized spacial score (nSPS) is 10.8. The van der Waals surface area contributed by atoms with Gasteiger partial charge in [0.2, 0.25) is 23.4 Å². The number of rotatable bonds is 7. The van der Waals surface area contributed by atoms with Gasteiger partial charge in [0.15, 0.2) is 0 Å². The van der Waals surface area contributed by atoms with E-state index in [1.54, 1.807) is 0 Å². The third-order valence-corrected chi connectivity index (χ3v) is 5.67. The predicted octanol–water partition coefficient (Wildman–Crippen LogP) is 4.75. The second-order valence-electron chi connectivity index (χ2n) is 5.87. The largest absolute Gasteiger partial charge is 0.419 e. The van der Waals surface area contributed by atoms with Gasteiger partial charge in [0.05, 0.1) is 10.6 Å². The minimum atomic E-state index is -0.203. The fourth-order valence-corrected chi connectivity index (χ4v) is 4.24. The van der Waals surface area contributed by atoms with Crippen molar-refractivity contribution in [1.29, 1.82) is 5.26 Å². The van der Waals surface area contributed by atoms with E-state index in [9.17, 15) is 10.1 Å². The van der Waals surface area contributed by atoms with E-state index in [0.717, 1.165) is 26.5 Å². The fourth-order valence-electron chi connectivity index (χ4n) is 2.21. The number of carbonyl (C=O) groups is 1. The van der Waals surface area contributed by atoms with Crippen molar-refractivity contribution in [2.45, 2.75) is 19.3 Å². The first-order valence-corrected chi connectivity index (χ1v) is 10.4. The highest BCUT2D eigenvalue weighted by molar-refractivity contribution is 14.1. The van der Waals surface area contributed by atoms with Crippen molar-refractivity contribution in [2.75, 3.05) is 26.0 Å². The first-order chi connectivity index (χ1) is 12.3. The van der Waals surface area contributed by atoms with Crippen molar-refractivity contribution in [3.63, 3.8) is 0 Å². The van der Waals surface area contributed by atoms with Crippen LogP contribution in [0.5, 0.6) is 0 Å². The maximum absolute atomic E-state index is 12.1. The van der Waals surface area contributed by atoms with Gasteiger partial charge in [-0.1, -0.05) is 11.6 Å². The Labute approximate surface area is 184 Å². The molecular formula is C17H17ClI2N4O2. The molecule has 0 fully saturated rings. The van der Waals surface area contributed by atoms with Gasteiger partial charge in [0.1, 0.15) is 6.07 Å². The number of nitrogens with one attached hydrogen (secondary N) is 1. The number of anilines is 1. The van der Waals surface area contributed by atoms with Gasteiger partial charge in [0.25, 0.3) is 0 Å². The van der Waals surface area contributed by atoms with Crippen LogP contribution in [0.25, 0.3) is 11.5 Å². The molecule has 0 saturated heterocycles. The van der Waals surface area contributed by atoms with Gasteiger partial charge in [-0.15, -0.1) is 0 Å². The monoisotopic (exact) mass is 598 g/mol. The number of aromatic nitrogens is 1. The highest BCUT2D eigenvalue weighted by Gasteiger charge is 2.19. The van der Waals surface area contributed by atoms with E-state index in [1.165, 1.54) is 0 Å². The van der Waals surface area contributed by atoms with Crippen LogP contribution in [-0.4, -0.2) is 36.4 Å². The van der Waals surface area contributed by atoms with Crippen molar-refractivity contribution in [3.05, 3.63) is 30.0 Å². The number of halogens is 3. The lowest BCUT2D eigenvalue weighted by atomic mass is 10.2. The first kappa shape index (κ1) is 21.4. The van der Waals surface area contributed by atoms with E-state index in [0.29, 0.717) is 17.0 Å². The van der Waals surface area contributed by atoms with Gasteiger partial charge in [0, 0.05) is 13.6 Å². The SMILES string of the molecule is CN(C)CCCCC(=O)Nc1oc(-c2cc(I)cc(I)c2Cl)nc1C#N. The predicted molar refractivity (Wildman–Crippen MR) is 118 cm³/mol. The second-order valence-corrected chi connectivity index (χ2v) is 8.65. The van der Waals surface area contributed by atoms with E-state index in [2.05, 4.69) is 60.4 Å². The number of nitriles is 1. The Bertz CT molecular complexity index is 846. The topological polar surface area (TPSA) is 82.2 Å². The number of benzene rings is 1. The molecule has 6 nitrogen and oxygen atoms in total. The molecule has 9 heteroatoms. The molecule has 2 rings (SSSR count). The standard InChI is InChI=1S/C17H17ClI2N4O2/c1-24(2)6-4-3-5-14(25)23-17-13(9-21)22-16(26-17)11-7-10(19)8-12(20)15(11)18/h7-8H,3-6H2,1-2H3,(H,23,25). The molecule has 0 unspecified atom stereocenters. The molecule has 0 aliphatic carbocycles. The summed E-state index contributed by atoms with van der Waals surface area (Å²) in [6, 6.07) is 5.70.